The number of guanidine groups is 1. The van der Waals surface area contributed by atoms with Gasteiger partial charge in [-0.3, -0.25) is 10.2 Å². The van der Waals surface area contributed by atoms with Gasteiger partial charge in [0.2, 0.25) is 5.96 Å². The Hall–Kier alpha value is -2.14. The van der Waals surface area contributed by atoms with Gasteiger partial charge in [-0.15, -0.1) is 0 Å². The molecular weight excluding hydrogens is 316 g/mol. The zero-order valence-corrected chi connectivity index (χ0v) is 15.3. The van der Waals surface area contributed by atoms with Crippen molar-refractivity contribution in [2.24, 2.45) is 9.98 Å². The second kappa shape index (κ2) is 7.83. The van der Waals surface area contributed by atoms with Gasteiger partial charge in [-0.1, -0.05) is 11.5 Å². The van der Waals surface area contributed by atoms with Crippen molar-refractivity contribution in [3.8, 4) is 0 Å². The van der Waals surface area contributed by atoms with E-state index in [1.807, 2.05) is 25.3 Å². The number of methoxy groups -OCH3 is 1. The second-order valence-corrected chi connectivity index (χ2v) is 6.46. The number of hydrogen-bond donors (Lipinski definition) is 2. The number of ether oxygens (including phenoxy) is 1. The predicted octanol–water partition coefficient (Wildman–Crippen LogP) is 0.652. The third kappa shape index (κ3) is 3.76. The normalized spacial score (nSPS) is 26.7. The minimum absolute atomic E-state index is 0.0953. The molecule has 0 spiro atoms. The highest BCUT2D eigenvalue weighted by Crippen LogP contribution is 2.21. The topological polar surface area (TPSA) is 64.5 Å². The lowest BCUT2D eigenvalue weighted by Crippen LogP contribution is -2.60. The molecule has 3 aliphatic rings. The van der Waals surface area contributed by atoms with E-state index in [9.17, 15) is 0 Å². The van der Waals surface area contributed by atoms with Crippen molar-refractivity contribution in [1.29, 1.82) is 0 Å². The number of nitrogens with zero attached hydrogens (tertiary/aromatic N) is 4. The molecule has 7 nitrogen and oxygen atoms in total. The summed E-state index contributed by atoms with van der Waals surface area (Å²) < 4.78 is 5.10. The fourth-order valence-electron chi connectivity index (χ4n) is 3.14. The van der Waals surface area contributed by atoms with E-state index >= 15 is 0 Å². The van der Waals surface area contributed by atoms with Gasteiger partial charge in [-0.25, -0.2) is 4.99 Å². The highest BCUT2D eigenvalue weighted by Gasteiger charge is 2.43. The predicted molar refractivity (Wildman–Crippen MR) is 99.3 cm³/mol. The summed E-state index contributed by atoms with van der Waals surface area (Å²) in [5.41, 5.74) is 6.97. The highest BCUT2D eigenvalue weighted by molar-refractivity contribution is 6.02. The van der Waals surface area contributed by atoms with Crippen molar-refractivity contribution in [1.82, 2.24) is 20.4 Å². The maximum Gasteiger partial charge on any atom is 0.221 e. The molecule has 25 heavy (non-hydrogen) atoms. The molecule has 1 aliphatic carbocycles. The molecule has 1 fully saturated rings. The van der Waals surface area contributed by atoms with Crippen LogP contribution in [0.1, 0.15) is 13.8 Å². The lowest BCUT2D eigenvalue weighted by Gasteiger charge is -2.37. The van der Waals surface area contributed by atoms with E-state index < -0.39 is 0 Å². The van der Waals surface area contributed by atoms with E-state index in [2.05, 4.69) is 50.7 Å². The molecule has 0 aromatic heterocycles. The zero-order valence-electron chi connectivity index (χ0n) is 15.3. The standard InChI is InChI=1S/C18H26N6O/c1-13(2)24-12-20-15-16(23(3)14-8-6-5-7-9-14)21-18(22-17(15)24)19-10-11-25-4/h6,8-9,13,15,17,20H,10-12H2,1-4H3,(H,19,22). The Balaban J connectivity index is 1.89. The van der Waals surface area contributed by atoms with Crippen LogP contribution < -0.4 is 10.6 Å². The first kappa shape index (κ1) is 17.7. The van der Waals surface area contributed by atoms with Gasteiger partial charge in [-0.05, 0) is 26.0 Å². The zero-order chi connectivity index (χ0) is 17.8. The Morgan fingerprint density at radius 2 is 2.32 bits per heavy atom. The van der Waals surface area contributed by atoms with Crippen molar-refractivity contribution in [3.05, 3.63) is 35.4 Å². The van der Waals surface area contributed by atoms with Crippen molar-refractivity contribution in [2.75, 3.05) is 34.0 Å². The van der Waals surface area contributed by atoms with Gasteiger partial charge in [-0.2, -0.15) is 4.99 Å². The Morgan fingerprint density at radius 1 is 1.48 bits per heavy atom. The number of rotatable bonds is 5. The Kier molecular flexibility index (Phi) is 5.53. The highest BCUT2D eigenvalue weighted by atomic mass is 16.5. The largest absolute Gasteiger partial charge is 0.383 e. The molecule has 0 aromatic rings. The quantitative estimate of drug-likeness (QED) is 0.567. The smallest absolute Gasteiger partial charge is 0.221 e. The van der Waals surface area contributed by atoms with Gasteiger partial charge < -0.3 is 15.0 Å². The summed E-state index contributed by atoms with van der Waals surface area (Å²) in [6.07, 6.45) is 5.90. The molecule has 2 N–H and O–H groups in total. The van der Waals surface area contributed by atoms with Crippen LogP contribution in [-0.4, -0.2) is 73.8 Å². The van der Waals surface area contributed by atoms with Gasteiger partial charge >= 0.3 is 0 Å². The van der Waals surface area contributed by atoms with E-state index in [1.165, 1.54) is 0 Å². The molecule has 0 amide bonds. The first-order chi connectivity index (χ1) is 12.1. The van der Waals surface area contributed by atoms with Crippen LogP contribution in [-0.2, 0) is 4.74 Å². The summed E-state index contributed by atoms with van der Waals surface area (Å²) in [5, 5.41) is 7.04. The molecule has 1 saturated heterocycles. The minimum atomic E-state index is 0.0953. The number of aliphatic imine (C=N–C) groups is 2. The fourth-order valence-corrected chi connectivity index (χ4v) is 3.14. The molecule has 3 rings (SSSR count). The SMILES string of the molecule is COCCN=C1N=C(N(C)C2=CC=C=C=C2)C2NCN(C(C)C)C2N1. The fraction of sp³-hybridized carbons (Fsp3) is 0.556. The summed E-state index contributed by atoms with van der Waals surface area (Å²) in [5.74, 6) is 1.60. The number of fused-ring (bicyclic) bond motifs is 1. The van der Waals surface area contributed by atoms with Crippen molar-refractivity contribution in [2.45, 2.75) is 32.1 Å². The molecule has 7 heteroatoms. The summed E-state index contributed by atoms with van der Waals surface area (Å²) >= 11 is 0. The van der Waals surface area contributed by atoms with Crippen LogP contribution >= 0.6 is 0 Å². The lowest BCUT2D eigenvalue weighted by molar-refractivity contribution is 0.187. The number of nitrogens with one attached hydrogen (secondary N) is 2. The number of likely N-dealkylation sites (N-methyl/N-ethyl adjacent to an activating group) is 1. The van der Waals surface area contributed by atoms with E-state index in [0.29, 0.717) is 25.2 Å². The van der Waals surface area contributed by atoms with E-state index in [1.54, 1.807) is 7.11 Å². The molecule has 2 aliphatic heterocycles. The number of allylic oxidation sites excluding steroid dienone is 3. The van der Waals surface area contributed by atoms with Gasteiger partial charge in [0.15, 0.2) is 0 Å². The Labute approximate surface area is 149 Å². The van der Waals surface area contributed by atoms with Gasteiger partial charge in [0.25, 0.3) is 0 Å². The first-order valence-electron chi connectivity index (χ1n) is 8.61. The average molecular weight is 342 g/mol. The van der Waals surface area contributed by atoms with Crippen LogP contribution in [0.3, 0.4) is 0 Å². The maximum atomic E-state index is 5.10. The molecule has 2 atom stereocenters. The molecule has 0 aromatic carbocycles. The molecule has 0 radical (unpaired) electrons. The van der Waals surface area contributed by atoms with Crippen LogP contribution in [0.25, 0.3) is 0 Å². The van der Waals surface area contributed by atoms with Crippen molar-refractivity contribution < 1.29 is 4.74 Å². The Morgan fingerprint density at radius 3 is 3.00 bits per heavy atom. The van der Waals surface area contributed by atoms with Crippen LogP contribution in [0.4, 0.5) is 0 Å². The molecule has 2 heterocycles. The summed E-state index contributed by atoms with van der Waals surface area (Å²) in [6, 6.07) is 0.512. The first-order valence-corrected chi connectivity index (χ1v) is 8.61. The third-order valence-corrected chi connectivity index (χ3v) is 4.53. The molecular formula is C18H26N6O. The molecule has 0 bridgehead atoms. The lowest BCUT2D eigenvalue weighted by atomic mass is 10.1. The van der Waals surface area contributed by atoms with Crippen molar-refractivity contribution >= 4 is 11.8 Å². The van der Waals surface area contributed by atoms with Gasteiger partial charge in [0.05, 0.1) is 25.5 Å². The second-order valence-electron chi connectivity index (χ2n) is 6.46. The van der Waals surface area contributed by atoms with Gasteiger partial charge in [0, 0.05) is 26.3 Å². The van der Waals surface area contributed by atoms with E-state index in [-0.39, 0.29) is 12.2 Å². The van der Waals surface area contributed by atoms with Crippen LogP contribution in [0.5, 0.6) is 0 Å². The molecule has 0 saturated carbocycles. The average Bonchev–Trinajstić information content (AvgIpc) is 3.05. The molecule has 2 unspecified atom stereocenters. The third-order valence-electron chi connectivity index (χ3n) is 4.53. The number of hydrogen-bond acceptors (Lipinski definition) is 5. The van der Waals surface area contributed by atoms with Crippen LogP contribution in [0, 0.1) is 0 Å². The van der Waals surface area contributed by atoms with E-state index in [0.717, 1.165) is 18.2 Å². The van der Waals surface area contributed by atoms with E-state index in [4.69, 9.17) is 9.73 Å². The van der Waals surface area contributed by atoms with Crippen LogP contribution in [0.2, 0.25) is 0 Å². The maximum absolute atomic E-state index is 5.10. The summed E-state index contributed by atoms with van der Waals surface area (Å²) in [7, 11) is 3.70. The minimum Gasteiger partial charge on any atom is -0.383 e. The monoisotopic (exact) mass is 342 g/mol. The Bertz CT molecular complexity index is 694. The van der Waals surface area contributed by atoms with Crippen molar-refractivity contribution in [3.63, 3.8) is 0 Å². The summed E-state index contributed by atoms with van der Waals surface area (Å²) in [4.78, 5) is 13.8. The molecule has 134 valence electrons. The summed E-state index contributed by atoms with van der Waals surface area (Å²) in [6.45, 7) is 6.37. The number of amidine groups is 1. The van der Waals surface area contributed by atoms with Crippen LogP contribution in [0.15, 0.2) is 45.4 Å². The van der Waals surface area contributed by atoms with Gasteiger partial charge in [0.1, 0.15) is 18.0 Å².